The second-order valence-corrected chi connectivity index (χ2v) is 4.83. The Bertz CT molecular complexity index is 312. The second-order valence-electron chi connectivity index (χ2n) is 4.83. The van der Waals surface area contributed by atoms with Crippen molar-refractivity contribution in [3.63, 3.8) is 0 Å². The molecule has 0 atom stereocenters. The van der Waals surface area contributed by atoms with Crippen molar-refractivity contribution in [3.05, 3.63) is 12.2 Å². The van der Waals surface area contributed by atoms with Crippen LogP contribution in [0, 0.1) is 0 Å². The Labute approximate surface area is 91.1 Å². The van der Waals surface area contributed by atoms with Crippen molar-refractivity contribution in [2.45, 2.75) is 51.1 Å². The van der Waals surface area contributed by atoms with Crippen LogP contribution in [0.5, 0.6) is 0 Å². The zero-order chi connectivity index (χ0) is 10.7. The van der Waals surface area contributed by atoms with Gasteiger partial charge in [-0.05, 0) is 19.8 Å². The molecule has 4 heteroatoms. The highest BCUT2D eigenvalue weighted by molar-refractivity contribution is 4.90. The van der Waals surface area contributed by atoms with Crippen molar-refractivity contribution < 1.29 is 0 Å². The third kappa shape index (κ3) is 2.56. The molecule has 0 radical (unpaired) electrons. The zero-order valence-electron chi connectivity index (χ0n) is 9.66. The van der Waals surface area contributed by atoms with Crippen molar-refractivity contribution in [3.8, 4) is 0 Å². The average molecular weight is 208 g/mol. The van der Waals surface area contributed by atoms with Gasteiger partial charge in [0.1, 0.15) is 12.2 Å². The summed E-state index contributed by atoms with van der Waals surface area (Å²) in [6.07, 6.45) is 8.40. The van der Waals surface area contributed by atoms with Gasteiger partial charge in [-0.3, -0.25) is 0 Å². The SMILES string of the molecule is Cn1cnnc1CNC1(C)CCCCC1. The van der Waals surface area contributed by atoms with Crippen LogP contribution in [-0.2, 0) is 13.6 Å². The molecule has 84 valence electrons. The standard InChI is InChI=1S/C11H20N4/c1-11(6-4-3-5-7-11)12-8-10-14-13-9-15(10)2/h9,12H,3-8H2,1-2H3. The van der Waals surface area contributed by atoms with Crippen molar-refractivity contribution in [1.82, 2.24) is 20.1 Å². The maximum atomic E-state index is 4.08. The van der Waals surface area contributed by atoms with Gasteiger partial charge >= 0.3 is 0 Å². The minimum absolute atomic E-state index is 0.310. The molecule has 0 saturated heterocycles. The second kappa shape index (κ2) is 4.31. The van der Waals surface area contributed by atoms with E-state index in [9.17, 15) is 0 Å². The van der Waals surface area contributed by atoms with Crippen molar-refractivity contribution in [1.29, 1.82) is 0 Å². The molecule has 1 aromatic rings. The van der Waals surface area contributed by atoms with Crippen LogP contribution >= 0.6 is 0 Å². The van der Waals surface area contributed by atoms with Gasteiger partial charge < -0.3 is 9.88 Å². The first-order valence-corrected chi connectivity index (χ1v) is 5.78. The zero-order valence-corrected chi connectivity index (χ0v) is 9.66. The minimum atomic E-state index is 0.310. The molecule has 2 rings (SSSR count). The summed E-state index contributed by atoms with van der Waals surface area (Å²) in [5.74, 6) is 1.02. The normalized spacial score (nSPS) is 20.4. The third-order valence-corrected chi connectivity index (χ3v) is 3.44. The number of nitrogens with zero attached hydrogens (tertiary/aromatic N) is 3. The largest absolute Gasteiger partial charge is 0.320 e. The molecule has 1 heterocycles. The molecule has 0 unspecified atom stereocenters. The monoisotopic (exact) mass is 208 g/mol. The summed E-state index contributed by atoms with van der Waals surface area (Å²) in [4.78, 5) is 0. The van der Waals surface area contributed by atoms with Gasteiger partial charge in [-0.2, -0.15) is 0 Å². The summed E-state index contributed by atoms with van der Waals surface area (Å²) in [5, 5.41) is 11.6. The lowest BCUT2D eigenvalue weighted by atomic mass is 9.83. The Morgan fingerprint density at radius 3 is 2.73 bits per heavy atom. The molecule has 1 saturated carbocycles. The highest BCUT2D eigenvalue weighted by Gasteiger charge is 2.26. The van der Waals surface area contributed by atoms with Crippen LogP contribution in [0.25, 0.3) is 0 Å². The maximum Gasteiger partial charge on any atom is 0.146 e. The first-order chi connectivity index (χ1) is 7.20. The molecule has 1 N–H and O–H groups in total. The fraction of sp³-hybridized carbons (Fsp3) is 0.818. The molecule has 4 nitrogen and oxygen atoms in total. The lowest BCUT2D eigenvalue weighted by molar-refractivity contribution is 0.249. The van der Waals surface area contributed by atoms with Crippen LogP contribution in [-0.4, -0.2) is 20.3 Å². The van der Waals surface area contributed by atoms with E-state index in [1.54, 1.807) is 6.33 Å². The number of aryl methyl sites for hydroxylation is 1. The third-order valence-electron chi connectivity index (χ3n) is 3.44. The molecule has 15 heavy (non-hydrogen) atoms. The molecule has 0 aromatic carbocycles. The predicted octanol–water partition coefficient (Wildman–Crippen LogP) is 1.63. The van der Waals surface area contributed by atoms with E-state index in [0.29, 0.717) is 5.54 Å². The van der Waals surface area contributed by atoms with E-state index in [4.69, 9.17) is 0 Å². The lowest BCUT2D eigenvalue weighted by Gasteiger charge is -2.34. The fourth-order valence-corrected chi connectivity index (χ4v) is 2.27. The maximum absolute atomic E-state index is 4.08. The molecule has 0 bridgehead atoms. The van der Waals surface area contributed by atoms with Crippen molar-refractivity contribution in [2.75, 3.05) is 0 Å². The van der Waals surface area contributed by atoms with Gasteiger partial charge in [0.25, 0.3) is 0 Å². The van der Waals surface area contributed by atoms with E-state index < -0.39 is 0 Å². The molecule has 1 aliphatic carbocycles. The Balaban J connectivity index is 1.89. The fourth-order valence-electron chi connectivity index (χ4n) is 2.27. The van der Waals surface area contributed by atoms with Gasteiger partial charge in [0, 0.05) is 12.6 Å². The number of aromatic nitrogens is 3. The van der Waals surface area contributed by atoms with Crippen LogP contribution < -0.4 is 5.32 Å². The number of rotatable bonds is 3. The summed E-state index contributed by atoms with van der Waals surface area (Å²) in [7, 11) is 1.99. The van der Waals surface area contributed by atoms with E-state index in [-0.39, 0.29) is 0 Å². The van der Waals surface area contributed by atoms with Crippen molar-refractivity contribution >= 4 is 0 Å². The van der Waals surface area contributed by atoms with E-state index in [0.717, 1.165) is 12.4 Å². The molecule has 0 spiro atoms. The highest BCUT2D eigenvalue weighted by Crippen LogP contribution is 2.27. The summed E-state index contributed by atoms with van der Waals surface area (Å²) >= 11 is 0. The molecule has 1 aliphatic rings. The molecular weight excluding hydrogens is 188 g/mol. The topological polar surface area (TPSA) is 42.7 Å². The van der Waals surface area contributed by atoms with E-state index in [2.05, 4.69) is 22.4 Å². The Morgan fingerprint density at radius 1 is 1.40 bits per heavy atom. The number of nitrogens with one attached hydrogen (secondary N) is 1. The molecular formula is C11H20N4. The van der Waals surface area contributed by atoms with Gasteiger partial charge in [-0.1, -0.05) is 19.3 Å². The van der Waals surface area contributed by atoms with E-state index in [1.165, 1.54) is 32.1 Å². The van der Waals surface area contributed by atoms with E-state index >= 15 is 0 Å². The molecule has 0 amide bonds. The van der Waals surface area contributed by atoms with Gasteiger partial charge in [0.2, 0.25) is 0 Å². The Hall–Kier alpha value is -0.900. The quantitative estimate of drug-likeness (QED) is 0.821. The van der Waals surface area contributed by atoms with Crippen LogP contribution in [0.3, 0.4) is 0 Å². The van der Waals surface area contributed by atoms with Crippen LogP contribution in [0.1, 0.15) is 44.9 Å². The highest BCUT2D eigenvalue weighted by atomic mass is 15.3. The van der Waals surface area contributed by atoms with Gasteiger partial charge in [-0.25, -0.2) is 0 Å². The summed E-state index contributed by atoms with van der Waals surface area (Å²) in [6, 6.07) is 0. The Morgan fingerprint density at radius 2 is 2.13 bits per heavy atom. The first kappa shape index (κ1) is 10.6. The van der Waals surface area contributed by atoms with Crippen molar-refractivity contribution in [2.24, 2.45) is 7.05 Å². The number of hydrogen-bond donors (Lipinski definition) is 1. The van der Waals surface area contributed by atoms with Crippen LogP contribution in [0.2, 0.25) is 0 Å². The average Bonchev–Trinajstić information content (AvgIpc) is 2.62. The van der Waals surface area contributed by atoms with E-state index in [1.807, 2.05) is 11.6 Å². The van der Waals surface area contributed by atoms with Gasteiger partial charge in [0.15, 0.2) is 0 Å². The summed E-state index contributed by atoms with van der Waals surface area (Å²) in [6.45, 7) is 3.15. The summed E-state index contributed by atoms with van der Waals surface area (Å²) < 4.78 is 1.97. The molecule has 1 aromatic heterocycles. The molecule has 1 fully saturated rings. The van der Waals surface area contributed by atoms with Gasteiger partial charge in [-0.15, -0.1) is 10.2 Å². The molecule has 0 aliphatic heterocycles. The minimum Gasteiger partial charge on any atom is -0.320 e. The van der Waals surface area contributed by atoms with Crippen LogP contribution in [0.15, 0.2) is 6.33 Å². The first-order valence-electron chi connectivity index (χ1n) is 5.78. The van der Waals surface area contributed by atoms with Crippen LogP contribution in [0.4, 0.5) is 0 Å². The van der Waals surface area contributed by atoms with Gasteiger partial charge in [0.05, 0.1) is 6.54 Å². The Kier molecular flexibility index (Phi) is 3.05. The predicted molar refractivity (Wildman–Crippen MR) is 59.3 cm³/mol. The number of hydrogen-bond acceptors (Lipinski definition) is 3. The summed E-state index contributed by atoms with van der Waals surface area (Å²) in [5.41, 5.74) is 0.310. The lowest BCUT2D eigenvalue weighted by Crippen LogP contribution is -2.43. The smallest absolute Gasteiger partial charge is 0.146 e.